The van der Waals surface area contributed by atoms with Gasteiger partial charge in [-0.05, 0) is 29.8 Å². The zero-order chi connectivity index (χ0) is 13.0. The first-order chi connectivity index (χ1) is 8.70. The van der Waals surface area contributed by atoms with E-state index in [1.807, 2.05) is 13.0 Å². The van der Waals surface area contributed by atoms with Crippen molar-refractivity contribution in [1.29, 1.82) is 5.26 Å². The minimum atomic E-state index is 0.0993. The SMILES string of the molecule is Cc1ccc(O)c(NC=C(C#N)c2nn[nH]n2)c1. The number of phenolic OH excluding ortho intramolecular Hbond substituents is 1. The Morgan fingerprint density at radius 1 is 1.56 bits per heavy atom. The average molecular weight is 242 g/mol. The van der Waals surface area contributed by atoms with Crippen molar-refractivity contribution in [2.24, 2.45) is 0 Å². The number of allylic oxidation sites excluding steroid dienone is 1. The molecule has 0 aliphatic heterocycles. The van der Waals surface area contributed by atoms with Crippen molar-refractivity contribution in [1.82, 2.24) is 20.6 Å². The summed E-state index contributed by atoms with van der Waals surface area (Å²) in [5.41, 5.74) is 1.71. The molecule has 3 N–H and O–H groups in total. The Labute approximate surface area is 103 Å². The van der Waals surface area contributed by atoms with E-state index in [1.165, 1.54) is 6.20 Å². The highest BCUT2D eigenvalue weighted by molar-refractivity contribution is 5.74. The molecule has 7 heteroatoms. The third-order valence-electron chi connectivity index (χ3n) is 2.23. The molecule has 0 saturated heterocycles. The summed E-state index contributed by atoms with van der Waals surface area (Å²) in [5, 5.41) is 34.5. The van der Waals surface area contributed by atoms with Crippen molar-refractivity contribution in [3.63, 3.8) is 0 Å². The third kappa shape index (κ3) is 2.44. The van der Waals surface area contributed by atoms with E-state index in [1.54, 1.807) is 18.2 Å². The summed E-state index contributed by atoms with van der Waals surface area (Å²) >= 11 is 0. The predicted molar refractivity (Wildman–Crippen MR) is 64.2 cm³/mol. The molecule has 0 aliphatic carbocycles. The van der Waals surface area contributed by atoms with Gasteiger partial charge < -0.3 is 10.4 Å². The number of hydrogen-bond acceptors (Lipinski definition) is 6. The van der Waals surface area contributed by atoms with Gasteiger partial charge in [-0.25, -0.2) is 0 Å². The van der Waals surface area contributed by atoms with Crippen LogP contribution in [0.25, 0.3) is 5.57 Å². The molecule has 2 rings (SSSR count). The van der Waals surface area contributed by atoms with Crippen LogP contribution in [0.1, 0.15) is 11.4 Å². The first-order valence-corrected chi connectivity index (χ1v) is 5.11. The van der Waals surface area contributed by atoms with Crippen molar-refractivity contribution in [3.8, 4) is 11.8 Å². The number of nitrogens with one attached hydrogen (secondary N) is 2. The maximum Gasteiger partial charge on any atom is 0.216 e. The monoisotopic (exact) mass is 242 g/mol. The van der Waals surface area contributed by atoms with Crippen LogP contribution in [0.5, 0.6) is 5.75 Å². The molecule has 90 valence electrons. The van der Waals surface area contributed by atoms with E-state index in [4.69, 9.17) is 5.26 Å². The molecule has 18 heavy (non-hydrogen) atoms. The van der Waals surface area contributed by atoms with Crippen molar-refractivity contribution >= 4 is 11.3 Å². The van der Waals surface area contributed by atoms with Crippen LogP contribution in [0.2, 0.25) is 0 Å². The highest BCUT2D eigenvalue weighted by atomic mass is 16.3. The van der Waals surface area contributed by atoms with Gasteiger partial charge >= 0.3 is 0 Å². The fourth-order valence-corrected chi connectivity index (χ4v) is 1.34. The van der Waals surface area contributed by atoms with Gasteiger partial charge in [0, 0.05) is 6.20 Å². The molecule has 1 heterocycles. The van der Waals surface area contributed by atoms with E-state index in [-0.39, 0.29) is 17.1 Å². The van der Waals surface area contributed by atoms with E-state index >= 15 is 0 Å². The number of phenols is 1. The molecule has 0 atom stereocenters. The summed E-state index contributed by atoms with van der Waals surface area (Å²) in [6, 6.07) is 7.06. The lowest BCUT2D eigenvalue weighted by Gasteiger charge is -2.05. The summed E-state index contributed by atoms with van der Waals surface area (Å²) < 4.78 is 0. The largest absolute Gasteiger partial charge is 0.506 e. The summed E-state index contributed by atoms with van der Waals surface area (Å²) in [4.78, 5) is 0. The maximum absolute atomic E-state index is 9.63. The number of anilines is 1. The van der Waals surface area contributed by atoms with Crippen LogP contribution in [0.3, 0.4) is 0 Å². The molecule has 0 amide bonds. The van der Waals surface area contributed by atoms with Gasteiger partial charge in [0.1, 0.15) is 17.4 Å². The number of tetrazole rings is 1. The van der Waals surface area contributed by atoms with Crippen LogP contribution >= 0.6 is 0 Å². The molecule has 0 unspecified atom stereocenters. The van der Waals surface area contributed by atoms with Crippen LogP contribution in [0, 0.1) is 18.3 Å². The molecule has 0 bridgehead atoms. The number of aromatic nitrogens is 4. The Balaban J connectivity index is 2.24. The normalized spacial score (nSPS) is 11.0. The summed E-state index contributed by atoms with van der Waals surface area (Å²) in [7, 11) is 0. The lowest BCUT2D eigenvalue weighted by molar-refractivity contribution is 0.477. The van der Waals surface area contributed by atoms with Gasteiger partial charge in [0.25, 0.3) is 0 Å². The first-order valence-electron chi connectivity index (χ1n) is 5.11. The molecule has 0 aliphatic rings. The predicted octanol–water partition coefficient (Wildman–Crippen LogP) is 1.19. The van der Waals surface area contributed by atoms with E-state index in [0.29, 0.717) is 5.69 Å². The molecular weight excluding hydrogens is 232 g/mol. The molecular formula is C11H10N6O. The fourth-order valence-electron chi connectivity index (χ4n) is 1.34. The van der Waals surface area contributed by atoms with E-state index < -0.39 is 0 Å². The second-order valence-corrected chi connectivity index (χ2v) is 3.57. The third-order valence-corrected chi connectivity index (χ3v) is 2.23. The maximum atomic E-state index is 9.63. The average Bonchev–Trinajstić information content (AvgIpc) is 2.88. The van der Waals surface area contributed by atoms with Crippen molar-refractivity contribution < 1.29 is 5.11 Å². The topological polar surface area (TPSA) is 111 Å². The summed E-state index contributed by atoms with van der Waals surface area (Å²) in [5.74, 6) is 0.291. The van der Waals surface area contributed by atoms with Gasteiger partial charge in [0.15, 0.2) is 0 Å². The van der Waals surface area contributed by atoms with Gasteiger partial charge in [-0.2, -0.15) is 10.5 Å². The van der Waals surface area contributed by atoms with Crippen molar-refractivity contribution in [2.75, 3.05) is 5.32 Å². The molecule has 0 fully saturated rings. The van der Waals surface area contributed by atoms with Crippen LogP contribution in [0.4, 0.5) is 5.69 Å². The number of aryl methyl sites for hydroxylation is 1. The Kier molecular flexibility index (Phi) is 3.20. The number of benzene rings is 1. The minimum Gasteiger partial charge on any atom is -0.506 e. The van der Waals surface area contributed by atoms with Crippen LogP contribution in [-0.4, -0.2) is 25.7 Å². The molecule has 0 radical (unpaired) electrons. The van der Waals surface area contributed by atoms with Crippen molar-refractivity contribution in [2.45, 2.75) is 6.92 Å². The minimum absolute atomic E-state index is 0.0993. The Morgan fingerprint density at radius 3 is 3.06 bits per heavy atom. The zero-order valence-corrected chi connectivity index (χ0v) is 9.55. The quantitative estimate of drug-likeness (QED) is 0.550. The standard InChI is InChI=1S/C11H10N6O/c1-7-2-3-10(18)9(4-7)13-6-8(5-12)11-14-16-17-15-11/h2-4,6,13,18H,1H3,(H,14,15,16,17). The van der Waals surface area contributed by atoms with Crippen molar-refractivity contribution in [3.05, 3.63) is 35.8 Å². The van der Waals surface area contributed by atoms with Gasteiger partial charge in [-0.15, -0.1) is 10.2 Å². The molecule has 7 nitrogen and oxygen atoms in total. The van der Waals surface area contributed by atoms with Gasteiger partial charge in [-0.3, -0.25) is 0 Å². The molecule has 0 saturated carbocycles. The van der Waals surface area contributed by atoms with Gasteiger partial charge in [-0.1, -0.05) is 6.07 Å². The summed E-state index contributed by atoms with van der Waals surface area (Å²) in [6.45, 7) is 1.90. The number of aromatic amines is 1. The number of aromatic hydroxyl groups is 1. The zero-order valence-electron chi connectivity index (χ0n) is 9.55. The molecule has 1 aromatic carbocycles. The fraction of sp³-hybridized carbons (Fsp3) is 0.0909. The summed E-state index contributed by atoms with van der Waals surface area (Å²) in [6.07, 6.45) is 1.42. The molecule has 2 aromatic rings. The van der Waals surface area contributed by atoms with E-state index in [9.17, 15) is 5.11 Å². The molecule has 0 spiro atoms. The van der Waals surface area contributed by atoms with E-state index in [0.717, 1.165) is 5.56 Å². The Hall–Kier alpha value is -2.88. The lowest BCUT2D eigenvalue weighted by atomic mass is 10.2. The van der Waals surface area contributed by atoms with Crippen LogP contribution in [-0.2, 0) is 0 Å². The lowest BCUT2D eigenvalue weighted by Crippen LogP contribution is -1.93. The first kappa shape index (κ1) is 11.6. The number of hydrogen-bond donors (Lipinski definition) is 3. The van der Waals surface area contributed by atoms with E-state index in [2.05, 4.69) is 25.9 Å². The van der Waals surface area contributed by atoms with Gasteiger partial charge in [0.05, 0.1) is 5.69 Å². The number of rotatable bonds is 3. The number of nitriles is 1. The highest BCUT2D eigenvalue weighted by Gasteiger charge is 2.06. The second kappa shape index (κ2) is 4.97. The number of nitrogens with zero attached hydrogens (tertiary/aromatic N) is 4. The highest BCUT2D eigenvalue weighted by Crippen LogP contribution is 2.24. The smallest absolute Gasteiger partial charge is 0.216 e. The second-order valence-electron chi connectivity index (χ2n) is 3.57. The Bertz CT molecular complexity index is 611. The Morgan fingerprint density at radius 2 is 2.39 bits per heavy atom. The van der Waals surface area contributed by atoms with Gasteiger partial charge in [0.2, 0.25) is 5.82 Å². The number of H-pyrrole nitrogens is 1. The van der Waals surface area contributed by atoms with Crippen LogP contribution in [0.15, 0.2) is 24.4 Å². The molecule has 1 aromatic heterocycles. The van der Waals surface area contributed by atoms with Crippen LogP contribution < -0.4 is 5.32 Å².